The fourth-order valence-corrected chi connectivity index (χ4v) is 5.50. The molecule has 0 bridgehead atoms. The number of aliphatic carboxylic acids is 2. The van der Waals surface area contributed by atoms with E-state index in [4.69, 9.17) is 4.99 Å². The average Bonchev–Trinajstić information content (AvgIpc) is 3.59. The van der Waals surface area contributed by atoms with Gasteiger partial charge in [-0.15, -0.1) is 0 Å². The highest BCUT2D eigenvalue weighted by Crippen LogP contribution is 2.30. The maximum absolute atomic E-state index is 12.3. The van der Waals surface area contributed by atoms with Crippen LogP contribution in [0.3, 0.4) is 0 Å². The molecule has 0 radical (unpaired) electrons. The van der Waals surface area contributed by atoms with E-state index in [1.807, 2.05) is 39.0 Å². The van der Waals surface area contributed by atoms with E-state index in [2.05, 4.69) is 28.4 Å². The number of nitrogens with one attached hydrogen (secondary N) is 3. The Morgan fingerprint density at radius 1 is 0.930 bits per heavy atom. The van der Waals surface area contributed by atoms with Gasteiger partial charge in [-0.25, -0.2) is 0 Å². The van der Waals surface area contributed by atoms with E-state index in [9.17, 15) is 29.7 Å². The molecule has 1 unspecified atom stereocenters. The van der Waals surface area contributed by atoms with E-state index in [1.54, 1.807) is 19.1 Å². The Morgan fingerprint density at radius 3 is 2.21 bits per heavy atom. The zero-order chi connectivity index (χ0) is 31.6. The number of nitrogens with zero attached hydrogens (tertiary/aromatic N) is 1. The minimum atomic E-state index is -0.935. The highest BCUT2D eigenvalue weighted by molar-refractivity contribution is 6.22. The van der Waals surface area contributed by atoms with Crippen molar-refractivity contribution in [2.24, 2.45) is 4.99 Å². The van der Waals surface area contributed by atoms with Gasteiger partial charge in [0.25, 0.3) is 5.91 Å². The van der Waals surface area contributed by atoms with Crippen LogP contribution < -0.4 is 16.0 Å². The second-order valence-electron chi connectivity index (χ2n) is 10.7. The quantitative estimate of drug-likeness (QED) is 0.236. The number of aromatic amines is 2. The van der Waals surface area contributed by atoms with E-state index in [1.165, 1.54) is 0 Å². The first-order chi connectivity index (χ1) is 20.4. The van der Waals surface area contributed by atoms with Crippen molar-refractivity contribution in [2.45, 2.75) is 59.4 Å². The molecule has 1 atom stereocenters. The molecule has 6 N–H and O–H groups in total. The number of carboxylic acids is 2. The third-order valence-corrected chi connectivity index (χ3v) is 8.04. The van der Waals surface area contributed by atoms with Crippen LogP contribution in [0, 0.1) is 13.8 Å². The van der Waals surface area contributed by atoms with Crippen molar-refractivity contribution in [2.75, 3.05) is 0 Å². The highest BCUT2D eigenvalue weighted by atomic mass is 16.4. The lowest BCUT2D eigenvalue weighted by molar-refractivity contribution is -0.137. The van der Waals surface area contributed by atoms with Gasteiger partial charge in [-0.1, -0.05) is 25.3 Å². The standard InChI is InChI=1S/C33H36N4O6/c1-7-20-19(6)32(42)37-27(20)14-25-18(5)23(10-12-31(40)41)29(35-25)15-28-22(9-11-30(38)39)17(4)24(34-28)13-26-16(3)21(8-2)33(43)36-26/h7-8,13-15,25,34,36,43H,1-2,9-12H2,3-6H3,(H,37,42)(H,38,39)(H,40,41)/b24-13-,27-14-,28-15-. The summed E-state index contributed by atoms with van der Waals surface area (Å²) in [6, 6.07) is -0.447. The van der Waals surface area contributed by atoms with Gasteiger partial charge in [-0.05, 0) is 86.6 Å². The van der Waals surface area contributed by atoms with E-state index < -0.39 is 18.0 Å². The molecule has 0 spiro atoms. The van der Waals surface area contributed by atoms with Gasteiger partial charge >= 0.3 is 11.9 Å². The van der Waals surface area contributed by atoms with Gasteiger partial charge < -0.3 is 30.6 Å². The summed E-state index contributed by atoms with van der Waals surface area (Å²) in [5.74, 6) is -2.06. The minimum Gasteiger partial charge on any atom is -0.494 e. The molecule has 0 fully saturated rings. The molecule has 2 aromatic rings. The van der Waals surface area contributed by atoms with Crippen LogP contribution >= 0.6 is 0 Å². The first kappa shape index (κ1) is 30.8. The lowest BCUT2D eigenvalue weighted by Crippen LogP contribution is -2.17. The Hall–Kier alpha value is -5.12. The van der Waals surface area contributed by atoms with E-state index in [-0.39, 0.29) is 37.5 Å². The van der Waals surface area contributed by atoms with Crippen molar-refractivity contribution >= 4 is 41.8 Å². The van der Waals surface area contributed by atoms with Gasteiger partial charge in [-0.3, -0.25) is 19.4 Å². The van der Waals surface area contributed by atoms with Crippen LogP contribution in [0.5, 0.6) is 5.88 Å². The summed E-state index contributed by atoms with van der Waals surface area (Å²) in [5, 5.41) is 33.3. The summed E-state index contributed by atoms with van der Waals surface area (Å²) >= 11 is 0. The van der Waals surface area contributed by atoms with Gasteiger partial charge in [0.2, 0.25) is 0 Å². The van der Waals surface area contributed by atoms with Gasteiger partial charge in [0.1, 0.15) is 0 Å². The molecule has 43 heavy (non-hydrogen) atoms. The number of H-pyrrole nitrogens is 2. The van der Waals surface area contributed by atoms with Crippen LogP contribution in [0.25, 0.3) is 18.2 Å². The molecule has 0 aliphatic carbocycles. The van der Waals surface area contributed by atoms with Crippen molar-refractivity contribution < 1.29 is 29.7 Å². The number of aromatic nitrogens is 2. The van der Waals surface area contributed by atoms with Gasteiger partial charge in [0.05, 0.1) is 11.8 Å². The molecule has 10 nitrogen and oxygen atoms in total. The Kier molecular flexibility index (Phi) is 8.89. The topological polar surface area (TPSA) is 168 Å². The number of aromatic hydroxyl groups is 1. The zero-order valence-corrected chi connectivity index (χ0v) is 24.7. The summed E-state index contributed by atoms with van der Waals surface area (Å²) in [6.07, 6.45) is 9.04. The Bertz CT molecular complexity index is 1810. The molecule has 4 heterocycles. The Labute approximate surface area is 249 Å². The second kappa shape index (κ2) is 12.4. The number of carbonyl (C=O) groups is 3. The smallest absolute Gasteiger partial charge is 0.303 e. The first-order valence-electron chi connectivity index (χ1n) is 13.9. The van der Waals surface area contributed by atoms with Crippen molar-refractivity contribution in [3.8, 4) is 5.88 Å². The lowest BCUT2D eigenvalue weighted by atomic mass is 9.97. The summed E-state index contributed by atoms with van der Waals surface area (Å²) < 4.78 is 0. The monoisotopic (exact) mass is 584 g/mol. The fourth-order valence-electron chi connectivity index (χ4n) is 5.50. The van der Waals surface area contributed by atoms with Crippen LogP contribution in [-0.4, -0.2) is 54.9 Å². The summed E-state index contributed by atoms with van der Waals surface area (Å²) in [5.41, 5.74) is 7.79. The minimum absolute atomic E-state index is 0.00751. The predicted octanol–water partition coefficient (Wildman–Crippen LogP) is 3.46. The van der Waals surface area contributed by atoms with Crippen molar-refractivity contribution in [3.63, 3.8) is 0 Å². The number of carboxylic acid groups (broad SMARTS) is 2. The van der Waals surface area contributed by atoms with E-state index in [0.717, 1.165) is 33.2 Å². The van der Waals surface area contributed by atoms with Crippen LogP contribution in [0.1, 0.15) is 61.1 Å². The number of allylic oxidation sites excluding steroid dienone is 2. The molecular formula is C33H36N4O6. The molecule has 1 amide bonds. The average molecular weight is 585 g/mol. The molecule has 10 heteroatoms. The van der Waals surface area contributed by atoms with Crippen LogP contribution in [0.15, 0.2) is 58.3 Å². The SMILES string of the molecule is C=CC1=C(C)C(=O)N/C1=C\C1N=C(/C=c2\[nH]/c(=C\c3[nH]c(O)c(C=C)c3C)c(C)c2CCC(=O)O)C(CCC(=O)O)=C1C. The number of amides is 1. The highest BCUT2D eigenvalue weighted by Gasteiger charge is 2.27. The van der Waals surface area contributed by atoms with Crippen LogP contribution in [-0.2, 0) is 20.8 Å². The molecule has 2 aliphatic rings. The summed E-state index contributed by atoms with van der Waals surface area (Å²) in [6.45, 7) is 15.0. The van der Waals surface area contributed by atoms with Crippen LogP contribution in [0.4, 0.5) is 0 Å². The van der Waals surface area contributed by atoms with E-state index in [0.29, 0.717) is 39.2 Å². The number of aliphatic imine (C=N–C) groups is 1. The first-order valence-corrected chi connectivity index (χ1v) is 13.9. The van der Waals surface area contributed by atoms with Gasteiger partial charge in [0, 0.05) is 51.6 Å². The largest absolute Gasteiger partial charge is 0.494 e. The maximum atomic E-state index is 12.3. The normalized spacial score (nSPS) is 18.6. The number of hydrogen-bond donors (Lipinski definition) is 6. The van der Waals surface area contributed by atoms with Crippen LogP contribution in [0.2, 0.25) is 0 Å². The Morgan fingerprint density at radius 2 is 1.60 bits per heavy atom. The second-order valence-corrected chi connectivity index (χ2v) is 10.7. The summed E-state index contributed by atoms with van der Waals surface area (Å²) in [7, 11) is 0. The third kappa shape index (κ3) is 6.23. The Balaban J connectivity index is 1.89. The summed E-state index contributed by atoms with van der Waals surface area (Å²) in [4.78, 5) is 46.5. The zero-order valence-electron chi connectivity index (χ0n) is 24.7. The van der Waals surface area contributed by atoms with E-state index >= 15 is 0 Å². The molecule has 2 aliphatic heterocycles. The lowest BCUT2D eigenvalue weighted by Gasteiger charge is -2.08. The third-order valence-electron chi connectivity index (χ3n) is 8.04. The molecule has 224 valence electrons. The molecule has 0 saturated heterocycles. The molecule has 4 rings (SSSR count). The van der Waals surface area contributed by atoms with Gasteiger partial charge in [-0.2, -0.15) is 0 Å². The number of hydrogen-bond acceptors (Lipinski definition) is 5. The fraction of sp³-hybridized carbons (Fsp3) is 0.273. The molecule has 0 saturated carbocycles. The number of rotatable bonds is 11. The predicted molar refractivity (Wildman–Crippen MR) is 166 cm³/mol. The molecular weight excluding hydrogens is 548 g/mol. The van der Waals surface area contributed by atoms with Crippen molar-refractivity contribution in [1.29, 1.82) is 0 Å². The van der Waals surface area contributed by atoms with Gasteiger partial charge in [0.15, 0.2) is 5.88 Å². The van der Waals surface area contributed by atoms with Crippen molar-refractivity contribution in [1.82, 2.24) is 15.3 Å². The maximum Gasteiger partial charge on any atom is 0.303 e. The molecule has 0 aromatic carbocycles. The number of carbonyl (C=O) groups excluding carboxylic acids is 1. The molecule has 2 aromatic heterocycles. The van der Waals surface area contributed by atoms with Crippen molar-refractivity contribution in [3.05, 3.63) is 91.9 Å².